The number of fused-ring (bicyclic) bond motifs is 2. The molecule has 2 aliphatic heterocycles. The first-order chi connectivity index (χ1) is 14.5. The zero-order valence-electron chi connectivity index (χ0n) is 16.4. The van der Waals surface area contributed by atoms with Crippen molar-refractivity contribution in [1.29, 1.82) is 0 Å². The monoisotopic (exact) mass is 402 g/mol. The minimum atomic E-state index is -0.506. The van der Waals surface area contributed by atoms with Crippen LogP contribution >= 0.6 is 0 Å². The third kappa shape index (κ3) is 3.03. The molecule has 2 aromatic heterocycles. The van der Waals surface area contributed by atoms with E-state index in [0.29, 0.717) is 37.2 Å². The Morgan fingerprint density at radius 1 is 1.17 bits per heavy atom. The molecule has 0 bridgehead atoms. The van der Waals surface area contributed by atoms with Crippen molar-refractivity contribution < 1.29 is 14.0 Å². The highest BCUT2D eigenvalue weighted by Gasteiger charge is 2.29. The van der Waals surface area contributed by atoms with Gasteiger partial charge in [0.15, 0.2) is 11.6 Å². The van der Waals surface area contributed by atoms with Gasteiger partial charge in [-0.15, -0.1) is 0 Å². The van der Waals surface area contributed by atoms with Gasteiger partial charge in [-0.2, -0.15) is 0 Å². The molecule has 3 aromatic rings. The number of amides is 2. The maximum atomic E-state index is 14.2. The van der Waals surface area contributed by atoms with Gasteiger partial charge < -0.3 is 5.32 Å². The van der Waals surface area contributed by atoms with Crippen molar-refractivity contribution in [3.63, 3.8) is 0 Å². The van der Waals surface area contributed by atoms with Crippen molar-refractivity contribution >= 4 is 17.6 Å². The minimum absolute atomic E-state index is 0.0651. The average molecular weight is 402 g/mol. The summed E-state index contributed by atoms with van der Waals surface area (Å²) in [7, 11) is 0. The third-order valence-electron chi connectivity index (χ3n) is 5.71. The zero-order chi connectivity index (χ0) is 20.8. The predicted molar refractivity (Wildman–Crippen MR) is 109 cm³/mol. The molecule has 150 valence electrons. The van der Waals surface area contributed by atoms with Crippen molar-refractivity contribution in [1.82, 2.24) is 15.3 Å². The predicted octanol–water partition coefficient (Wildman–Crippen LogP) is 2.96. The van der Waals surface area contributed by atoms with Crippen LogP contribution in [0.1, 0.15) is 48.7 Å². The van der Waals surface area contributed by atoms with E-state index in [-0.39, 0.29) is 17.6 Å². The van der Waals surface area contributed by atoms with Gasteiger partial charge in [-0.05, 0) is 66.3 Å². The summed E-state index contributed by atoms with van der Waals surface area (Å²) in [6.07, 6.45) is 4.44. The van der Waals surface area contributed by atoms with Gasteiger partial charge in [0, 0.05) is 36.6 Å². The number of carbonyl (C=O) groups excluding carboxylic acids is 2. The van der Waals surface area contributed by atoms with Gasteiger partial charge in [-0.3, -0.25) is 19.5 Å². The largest absolute Gasteiger partial charge is 0.347 e. The van der Waals surface area contributed by atoms with Crippen molar-refractivity contribution in [2.75, 3.05) is 11.4 Å². The lowest BCUT2D eigenvalue weighted by molar-refractivity contribution is 0.0958. The Labute approximate surface area is 172 Å². The summed E-state index contributed by atoms with van der Waals surface area (Å²) >= 11 is 0. The van der Waals surface area contributed by atoms with E-state index in [1.54, 1.807) is 6.20 Å². The number of aryl methyl sites for hydroxylation is 1. The Morgan fingerprint density at radius 2 is 2.03 bits per heavy atom. The second kappa shape index (κ2) is 7.02. The highest BCUT2D eigenvalue weighted by atomic mass is 19.1. The summed E-state index contributed by atoms with van der Waals surface area (Å²) in [5, 5.41) is 2.77. The van der Waals surface area contributed by atoms with E-state index in [2.05, 4.69) is 15.3 Å². The molecule has 0 saturated heterocycles. The lowest BCUT2D eigenvalue weighted by atomic mass is 9.91. The van der Waals surface area contributed by atoms with Gasteiger partial charge >= 0.3 is 0 Å². The summed E-state index contributed by atoms with van der Waals surface area (Å²) in [5.74, 6) is -0.824. The first kappa shape index (κ1) is 18.4. The van der Waals surface area contributed by atoms with Crippen LogP contribution in [-0.4, -0.2) is 28.3 Å². The molecular weight excluding hydrogens is 383 g/mol. The van der Waals surface area contributed by atoms with E-state index < -0.39 is 5.82 Å². The first-order valence-corrected chi connectivity index (χ1v) is 9.82. The number of pyridine rings is 2. The summed E-state index contributed by atoms with van der Waals surface area (Å²) in [6.45, 7) is 2.91. The van der Waals surface area contributed by atoms with Crippen LogP contribution < -0.4 is 10.2 Å². The second-order valence-corrected chi connectivity index (χ2v) is 7.66. The van der Waals surface area contributed by atoms with E-state index in [1.165, 1.54) is 23.2 Å². The van der Waals surface area contributed by atoms with Crippen LogP contribution in [0.2, 0.25) is 0 Å². The van der Waals surface area contributed by atoms with Gasteiger partial charge in [0.05, 0.1) is 0 Å². The fourth-order valence-electron chi connectivity index (χ4n) is 4.14. The maximum absolute atomic E-state index is 14.2. The molecule has 0 aliphatic carbocycles. The standard InChI is InChI=1S/C23H19FN4O2/c1-13-7-15-4-6-28(21-19(24)3-2-5-25-21)23(30)18(15)10-16(13)8-14-9-17-12-27-22(29)20(17)26-11-14/h2-3,5,7,9-11H,4,6,8,12H2,1H3,(H,27,29). The quantitative estimate of drug-likeness (QED) is 0.731. The van der Waals surface area contributed by atoms with Crippen LogP contribution in [0.3, 0.4) is 0 Å². The Hall–Kier alpha value is -3.61. The Balaban J connectivity index is 1.48. The molecule has 0 spiro atoms. The molecule has 4 heterocycles. The highest BCUT2D eigenvalue weighted by molar-refractivity contribution is 6.08. The fourth-order valence-corrected chi connectivity index (χ4v) is 4.14. The van der Waals surface area contributed by atoms with Gasteiger partial charge in [0.2, 0.25) is 0 Å². The second-order valence-electron chi connectivity index (χ2n) is 7.66. The van der Waals surface area contributed by atoms with Crippen molar-refractivity contribution in [3.8, 4) is 0 Å². The van der Waals surface area contributed by atoms with Crippen molar-refractivity contribution in [2.24, 2.45) is 0 Å². The van der Waals surface area contributed by atoms with E-state index in [0.717, 1.165) is 27.8 Å². The Bertz CT molecular complexity index is 1210. The number of rotatable bonds is 3. The molecule has 0 radical (unpaired) electrons. The molecule has 6 nitrogen and oxygen atoms in total. The molecule has 7 heteroatoms. The van der Waals surface area contributed by atoms with Crippen LogP contribution in [0, 0.1) is 12.7 Å². The summed E-state index contributed by atoms with van der Waals surface area (Å²) in [5.41, 5.74) is 5.99. The SMILES string of the molecule is Cc1cc2c(cc1Cc1cnc3c(c1)CNC3=O)C(=O)N(c1ncccc1F)CC2. The zero-order valence-corrected chi connectivity index (χ0v) is 16.4. The molecule has 30 heavy (non-hydrogen) atoms. The number of aromatic nitrogens is 2. The molecule has 2 amide bonds. The molecule has 0 unspecified atom stereocenters. The summed E-state index contributed by atoms with van der Waals surface area (Å²) < 4.78 is 14.2. The number of hydrogen-bond donors (Lipinski definition) is 1. The fraction of sp³-hybridized carbons (Fsp3) is 0.217. The van der Waals surface area contributed by atoms with Crippen LogP contribution in [0.4, 0.5) is 10.2 Å². The molecule has 5 rings (SSSR count). The number of hydrogen-bond acceptors (Lipinski definition) is 4. The van der Waals surface area contributed by atoms with Crippen LogP contribution in [0.25, 0.3) is 0 Å². The van der Waals surface area contributed by atoms with Gasteiger partial charge in [0.25, 0.3) is 11.8 Å². The van der Waals surface area contributed by atoms with Crippen molar-refractivity contribution in [3.05, 3.63) is 87.6 Å². The topological polar surface area (TPSA) is 75.2 Å². The van der Waals surface area contributed by atoms with Crippen LogP contribution in [-0.2, 0) is 19.4 Å². The van der Waals surface area contributed by atoms with Gasteiger partial charge in [0.1, 0.15) is 5.69 Å². The van der Waals surface area contributed by atoms with Crippen LogP contribution in [0.5, 0.6) is 0 Å². The molecule has 1 N–H and O–H groups in total. The molecule has 0 saturated carbocycles. The normalized spacial score (nSPS) is 15.1. The van der Waals surface area contributed by atoms with Crippen molar-refractivity contribution in [2.45, 2.75) is 26.3 Å². The molecule has 0 fully saturated rings. The third-order valence-corrected chi connectivity index (χ3v) is 5.71. The number of halogens is 1. The van der Waals surface area contributed by atoms with E-state index >= 15 is 0 Å². The Morgan fingerprint density at radius 3 is 2.87 bits per heavy atom. The first-order valence-electron chi connectivity index (χ1n) is 9.82. The van der Waals surface area contributed by atoms with E-state index in [1.807, 2.05) is 25.1 Å². The van der Waals surface area contributed by atoms with Gasteiger partial charge in [-0.1, -0.05) is 6.07 Å². The number of nitrogens with one attached hydrogen (secondary N) is 1. The average Bonchev–Trinajstić information content (AvgIpc) is 3.10. The molecule has 0 atom stereocenters. The molecule has 2 aliphatic rings. The molecule has 1 aromatic carbocycles. The van der Waals surface area contributed by atoms with Gasteiger partial charge in [-0.25, -0.2) is 9.37 Å². The van der Waals surface area contributed by atoms with E-state index in [9.17, 15) is 14.0 Å². The highest BCUT2D eigenvalue weighted by Crippen LogP contribution is 2.28. The number of nitrogens with zero attached hydrogens (tertiary/aromatic N) is 3. The smallest absolute Gasteiger partial charge is 0.270 e. The Kier molecular flexibility index (Phi) is 4.31. The lowest BCUT2D eigenvalue weighted by Gasteiger charge is -2.28. The number of anilines is 1. The summed E-state index contributed by atoms with van der Waals surface area (Å²) in [4.78, 5) is 34.6. The maximum Gasteiger partial charge on any atom is 0.270 e. The number of carbonyl (C=O) groups is 2. The summed E-state index contributed by atoms with van der Waals surface area (Å²) in [6, 6.07) is 8.75. The molecular formula is C23H19FN4O2. The lowest BCUT2D eigenvalue weighted by Crippen LogP contribution is -2.39. The minimum Gasteiger partial charge on any atom is -0.347 e. The number of benzene rings is 1. The van der Waals surface area contributed by atoms with Crippen LogP contribution in [0.15, 0.2) is 42.7 Å². The van der Waals surface area contributed by atoms with E-state index in [4.69, 9.17) is 0 Å².